The summed E-state index contributed by atoms with van der Waals surface area (Å²) in [6.45, 7) is 0.925. The summed E-state index contributed by atoms with van der Waals surface area (Å²) in [5.74, 6) is 0.629. The van der Waals surface area contributed by atoms with E-state index < -0.39 is 0 Å². The standard InChI is InChI=1S/C10H14N4O3/c1-16-8-6-3-4-14(10(15)17-2)5-7(6)12-9(11)13-8/h3-5H2,1-2H3,(H2,11,12,13). The Morgan fingerprint density at radius 2 is 2.18 bits per heavy atom. The molecule has 0 aliphatic carbocycles. The van der Waals surface area contributed by atoms with Crippen molar-refractivity contribution in [3.8, 4) is 5.88 Å². The fraction of sp³-hybridized carbons (Fsp3) is 0.500. The van der Waals surface area contributed by atoms with Gasteiger partial charge in [-0.2, -0.15) is 4.98 Å². The van der Waals surface area contributed by atoms with Crippen molar-refractivity contribution in [2.75, 3.05) is 26.5 Å². The minimum Gasteiger partial charge on any atom is -0.481 e. The van der Waals surface area contributed by atoms with E-state index in [1.807, 2.05) is 0 Å². The van der Waals surface area contributed by atoms with Gasteiger partial charge in [0.05, 0.1) is 26.5 Å². The molecular weight excluding hydrogens is 224 g/mol. The van der Waals surface area contributed by atoms with Crippen LogP contribution in [0.2, 0.25) is 0 Å². The molecule has 0 fully saturated rings. The largest absolute Gasteiger partial charge is 0.481 e. The quantitative estimate of drug-likeness (QED) is 0.751. The number of fused-ring (bicyclic) bond motifs is 1. The summed E-state index contributed by atoms with van der Waals surface area (Å²) in [5, 5.41) is 0. The normalized spacial score (nSPS) is 14.1. The molecule has 1 amide bonds. The van der Waals surface area contributed by atoms with Crippen molar-refractivity contribution in [2.45, 2.75) is 13.0 Å². The number of hydrogen-bond donors (Lipinski definition) is 1. The number of nitrogens with two attached hydrogens (primary N) is 1. The van der Waals surface area contributed by atoms with E-state index >= 15 is 0 Å². The average Bonchev–Trinajstić information content (AvgIpc) is 2.35. The summed E-state index contributed by atoms with van der Waals surface area (Å²) in [4.78, 5) is 21.1. The molecule has 2 N–H and O–H groups in total. The molecule has 0 saturated heterocycles. The number of methoxy groups -OCH3 is 2. The third kappa shape index (κ3) is 2.08. The molecule has 1 aromatic heterocycles. The Bertz CT molecular complexity index is 449. The molecule has 1 aromatic rings. The molecular formula is C10H14N4O3. The van der Waals surface area contributed by atoms with E-state index in [4.69, 9.17) is 10.5 Å². The highest BCUT2D eigenvalue weighted by molar-refractivity contribution is 5.68. The van der Waals surface area contributed by atoms with Crippen LogP contribution in [0.15, 0.2) is 0 Å². The van der Waals surface area contributed by atoms with Gasteiger partial charge in [-0.1, -0.05) is 0 Å². The molecule has 0 aromatic carbocycles. The number of nitrogens with zero attached hydrogens (tertiary/aromatic N) is 3. The van der Waals surface area contributed by atoms with Gasteiger partial charge in [-0.15, -0.1) is 0 Å². The third-order valence-electron chi connectivity index (χ3n) is 2.67. The average molecular weight is 238 g/mol. The minimum atomic E-state index is -0.369. The molecule has 7 heteroatoms. The lowest BCUT2D eigenvalue weighted by atomic mass is 10.1. The van der Waals surface area contributed by atoms with Crippen molar-refractivity contribution in [1.82, 2.24) is 14.9 Å². The molecule has 7 nitrogen and oxygen atoms in total. The lowest BCUT2D eigenvalue weighted by Gasteiger charge is -2.27. The van der Waals surface area contributed by atoms with Crippen molar-refractivity contribution in [2.24, 2.45) is 0 Å². The Labute approximate surface area is 98.5 Å². The summed E-state index contributed by atoms with van der Waals surface area (Å²) in [7, 11) is 2.89. The van der Waals surface area contributed by atoms with Crippen molar-refractivity contribution in [3.63, 3.8) is 0 Å². The van der Waals surface area contributed by atoms with Crippen LogP contribution < -0.4 is 10.5 Å². The molecule has 0 saturated carbocycles. The number of nitrogen functional groups attached to an aromatic ring is 1. The predicted octanol–water partition coefficient (Wildman–Crippen LogP) is 0.192. The molecule has 17 heavy (non-hydrogen) atoms. The topological polar surface area (TPSA) is 90.6 Å². The zero-order chi connectivity index (χ0) is 12.4. The van der Waals surface area contributed by atoms with Gasteiger partial charge < -0.3 is 20.1 Å². The van der Waals surface area contributed by atoms with E-state index in [9.17, 15) is 4.79 Å². The number of aromatic nitrogens is 2. The first kappa shape index (κ1) is 11.4. The fourth-order valence-electron chi connectivity index (χ4n) is 1.87. The monoisotopic (exact) mass is 238 g/mol. The van der Waals surface area contributed by atoms with Crippen molar-refractivity contribution < 1.29 is 14.3 Å². The number of amides is 1. The third-order valence-corrected chi connectivity index (χ3v) is 2.67. The molecule has 92 valence electrons. The smallest absolute Gasteiger partial charge is 0.409 e. The van der Waals surface area contributed by atoms with Crippen molar-refractivity contribution in [1.29, 1.82) is 0 Å². The SMILES string of the molecule is COC(=O)N1CCc2c(nc(N)nc2OC)C1. The maximum absolute atomic E-state index is 11.4. The Morgan fingerprint density at radius 1 is 1.41 bits per heavy atom. The molecule has 1 aliphatic rings. The van der Waals surface area contributed by atoms with Crippen LogP contribution in [0, 0.1) is 0 Å². The molecule has 0 radical (unpaired) electrons. The summed E-state index contributed by atoms with van der Waals surface area (Å²) >= 11 is 0. The summed E-state index contributed by atoms with van der Waals surface area (Å²) in [6, 6.07) is 0. The number of anilines is 1. The summed E-state index contributed by atoms with van der Waals surface area (Å²) < 4.78 is 9.82. The molecule has 1 aliphatic heterocycles. The first-order valence-corrected chi connectivity index (χ1v) is 5.18. The minimum absolute atomic E-state index is 0.146. The van der Waals surface area contributed by atoms with E-state index in [1.165, 1.54) is 14.2 Å². The van der Waals surface area contributed by atoms with Gasteiger partial charge >= 0.3 is 6.09 Å². The van der Waals surface area contributed by atoms with E-state index in [0.717, 1.165) is 5.56 Å². The second-order valence-corrected chi connectivity index (χ2v) is 3.66. The van der Waals surface area contributed by atoms with E-state index in [1.54, 1.807) is 4.90 Å². The molecule has 0 bridgehead atoms. The maximum Gasteiger partial charge on any atom is 0.409 e. The van der Waals surface area contributed by atoms with E-state index in [2.05, 4.69) is 14.7 Å². The zero-order valence-corrected chi connectivity index (χ0v) is 9.77. The Kier molecular flexibility index (Phi) is 2.99. The van der Waals surface area contributed by atoms with Crippen LogP contribution >= 0.6 is 0 Å². The van der Waals surface area contributed by atoms with Gasteiger partial charge in [0.1, 0.15) is 0 Å². The number of rotatable bonds is 1. The highest BCUT2D eigenvalue weighted by atomic mass is 16.5. The first-order chi connectivity index (χ1) is 8.15. The second kappa shape index (κ2) is 4.44. The lowest BCUT2D eigenvalue weighted by Crippen LogP contribution is -2.36. The van der Waals surface area contributed by atoms with Crippen LogP contribution in [-0.4, -0.2) is 41.7 Å². The van der Waals surface area contributed by atoms with E-state index in [0.29, 0.717) is 31.1 Å². The zero-order valence-electron chi connectivity index (χ0n) is 9.77. The number of carbonyl (C=O) groups is 1. The van der Waals surface area contributed by atoms with Gasteiger partial charge in [-0.25, -0.2) is 9.78 Å². The van der Waals surface area contributed by atoms with Crippen LogP contribution in [0.1, 0.15) is 11.3 Å². The van der Waals surface area contributed by atoms with Gasteiger partial charge in [0.15, 0.2) is 0 Å². The predicted molar refractivity (Wildman–Crippen MR) is 59.5 cm³/mol. The van der Waals surface area contributed by atoms with Crippen LogP contribution in [0.25, 0.3) is 0 Å². The lowest BCUT2D eigenvalue weighted by molar-refractivity contribution is 0.117. The highest BCUT2D eigenvalue weighted by Crippen LogP contribution is 2.25. The molecule has 0 unspecified atom stereocenters. The van der Waals surface area contributed by atoms with Gasteiger partial charge in [-0.05, 0) is 6.42 Å². The highest BCUT2D eigenvalue weighted by Gasteiger charge is 2.25. The van der Waals surface area contributed by atoms with Gasteiger partial charge in [-0.3, -0.25) is 0 Å². The van der Waals surface area contributed by atoms with Gasteiger partial charge in [0.2, 0.25) is 11.8 Å². The Balaban J connectivity index is 2.32. The summed E-state index contributed by atoms with van der Waals surface area (Å²) in [6.07, 6.45) is 0.264. The van der Waals surface area contributed by atoms with E-state index in [-0.39, 0.29) is 12.0 Å². The molecule has 0 atom stereocenters. The number of ether oxygens (including phenoxy) is 2. The second-order valence-electron chi connectivity index (χ2n) is 3.66. The number of carbonyl (C=O) groups excluding carboxylic acids is 1. The Hall–Kier alpha value is -2.05. The molecule has 2 rings (SSSR count). The fourth-order valence-corrected chi connectivity index (χ4v) is 1.87. The van der Waals surface area contributed by atoms with Crippen LogP contribution in [0.4, 0.5) is 10.7 Å². The van der Waals surface area contributed by atoms with Crippen LogP contribution in [0.5, 0.6) is 5.88 Å². The first-order valence-electron chi connectivity index (χ1n) is 5.18. The van der Waals surface area contributed by atoms with Gasteiger partial charge in [0, 0.05) is 12.1 Å². The van der Waals surface area contributed by atoms with Crippen LogP contribution in [-0.2, 0) is 17.7 Å². The summed E-state index contributed by atoms with van der Waals surface area (Å²) in [5.41, 5.74) is 7.19. The van der Waals surface area contributed by atoms with Crippen LogP contribution in [0.3, 0.4) is 0 Å². The Morgan fingerprint density at radius 3 is 2.82 bits per heavy atom. The van der Waals surface area contributed by atoms with Crippen molar-refractivity contribution >= 4 is 12.0 Å². The van der Waals surface area contributed by atoms with Gasteiger partial charge in [0.25, 0.3) is 0 Å². The molecule has 2 heterocycles. The maximum atomic E-state index is 11.4. The molecule has 0 spiro atoms. The van der Waals surface area contributed by atoms with Crippen molar-refractivity contribution in [3.05, 3.63) is 11.3 Å². The number of hydrogen-bond acceptors (Lipinski definition) is 6.